The zero-order chi connectivity index (χ0) is 9.68. The number of aliphatic hydroxyl groups is 2. The van der Waals surface area contributed by atoms with Crippen molar-refractivity contribution in [2.24, 2.45) is 0 Å². The number of rotatable bonds is 4. The molecule has 0 radical (unpaired) electrons. The Labute approximate surface area is 74.6 Å². The lowest BCUT2D eigenvalue weighted by molar-refractivity contribution is 0.0802. The fourth-order valence-corrected chi connectivity index (χ4v) is 0.752. The van der Waals surface area contributed by atoms with Crippen molar-refractivity contribution in [3.05, 3.63) is 18.0 Å². The van der Waals surface area contributed by atoms with Gasteiger partial charge >= 0.3 is 0 Å². The highest BCUT2D eigenvalue weighted by Gasteiger charge is 2.08. The van der Waals surface area contributed by atoms with Crippen LogP contribution >= 0.6 is 0 Å². The summed E-state index contributed by atoms with van der Waals surface area (Å²) in [6.07, 6.45) is 1.90. The van der Waals surface area contributed by atoms with E-state index in [4.69, 9.17) is 10.2 Å². The SMILES string of the molecule is O=C(NCC(O)CO)c1cn[nH]c1. The third kappa shape index (κ3) is 2.85. The van der Waals surface area contributed by atoms with Gasteiger partial charge in [-0.15, -0.1) is 0 Å². The number of aromatic amines is 1. The van der Waals surface area contributed by atoms with Crippen LogP contribution in [0.5, 0.6) is 0 Å². The van der Waals surface area contributed by atoms with Gasteiger partial charge in [0.1, 0.15) is 0 Å². The maximum atomic E-state index is 11.2. The van der Waals surface area contributed by atoms with E-state index in [0.717, 1.165) is 0 Å². The van der Waals surface area contributed by atoms with Crippen LogP contribution in [-0.2, 0) is 0 Å². The molecule has 0 saturated carbocycles. The molecule has 4 N–H and O–H groups in total. The summed E-state index contributed by atoms with van der Waals surface area (Å²) in [5.74, 6) is -0.332. The summed E-state index contributed by atoms with van der Waals surface area (Å²) >= 11 is 0. The zero-order valence-corrected chi connectivity index (χ0v) is 6.90. The minimum atomic E-state index is -0.921. The van der Waals surface area contributed by atoms with Crippen LogP contribution in [-0.4, -0.2) is 45.6 Å². The Hall–Kier alpha value is -1.40. The number of nitrogens with zero attached hydrogens (tertiary/aromatic N) is 1. The summed E-state index contributed by atoms with van der Waals surface area (Å²) < 4.78 is 0. The summed E-state index contributed by atoms with van der Waals surface area (Å²) in [5.41, 5.74) is 0.394. The van der Waals surface area contributed by atoms with E-state index in [1.165, 1.54) is 12.4 Å². The van der Waals surface area contributed by atoms with E-state index in [0.29, 0.717) is 5.56 Å². The molecule has 1 aromatic rings. The second-order valence-electron chi connectivity index (χ2n) is 2.53. The Morgan fingerprint density at radius 3 is 3.08 bits per heavy atom. The van der Waals surface area contributed by atoms with Crippen molar-refractivity contribution >= 4 is 5.91 Å². The van der Waals surface area contributed by atoms with E-state index < -0.39 is 6.10 Å². The Morgan fingerprint density at radius 1 is 1.77 bits per heavy atom. The van der Waals surface area contributed by atoms with E-state index in [2.05, 4.69) is 15.5 Å². The van der Waals surface area contributed by atoms with E-state index in [1.807, 2.05) is 0 Å². The minimum Gasteiger partial charge on any atom is -0.394 e. The molecule has 0 saturated heterocycles. The average Bonchev–Trinajstić information content (AvgIpc) is 2.66. The molecule has 1 aromatic heterocycles. The van der Waals surface area contributed by atoms with Gasteiger partial charge in [-0.2, -0.15) is 5.10 Å². The molecule has 1 amide bonds. The number of carbonyl (C=O) groups is 1. The molecule has 1 unspecified atom stereocenters. The second kappa shape index (κ2) is 4.58. The van der Waals surface area contributed by atoms with Crippen molar-refractivity contribution in [2.45, 2.75) is 6.10 Å². The molecular weight excluding hydrogens is 174 g/mol. The molecule has 1 atom stereocenters. The van der Waals surface area contributed by atoms with E-state index >= 15 is 0 Å². The number of aliphatic hydroxyl groups excluding tert-OH is 2. The first-order chi connectivity index (χ1) is 6.24. The van der Waals surface area contributed by atoms with Crippen molar-refractivity contribution in [3.63, 3.8) is 0 Å². The molecule has 0 aliphatic carbocycles. The Balaban J connectivity index is 2.35. The minimum absolute atomic E-state index is 0.0283. The second-order valence-corrected chi connectivity index (χ2v) is 2.53. The Kier molecular flexibility index (Phi) is 3.41. The number of amides is 1. The summed E-state index contributed by atoms with van der Waals surface area (Å²) in [6.45, 7) is -0.341. The molecule has 13 heavy (non-hydrogen) atoms. The number of H-pyrrole nitrogens is 1. The highest BCUT2D eigenvalue weighted by molar-refractivity contribution is 5.93. The van der Waals surface area contributed by atoms with Crippen LogP contribution in [0.1, 0.15) is 10.4 Å². The molecule has 0 aliphatic heterocycles. The molecule has 0 spiro atoms. The number of carbonyl (C=O) groups excluding carboxylic acids is 1. The highest BCUT2D eigenvalue weighted by atomic mass is 16.3. The van der Waals surface area contributed by atoms with Gasteiger partial charge in [-0.3, -0.25) is 9.89 Å². The van der Waals surface area contributed by atoms with Crippen LogP contribution in [0.25, 0.3) is 0 Å². The fourth-order valence-electron chi connectivity index (χ4n) is 0.752. The summed E-state index contributed by atoms with van der Waals surface area (Å²) in [7, 11) is 0. The third-order valence-electron chi connectivity index (χ3n) is 1.47. The van der Waals surface area contributed by atoms with Gasteiger partial charge in [0.15, 0.2) is 0 Å². The zero-order valence-electron chi connectivity index (χ0n) is 6.90. The molecule has 6 nitrogen and oxygen atoms in total. The standard InChI is InChI=1S/C7H11N3O3/c11-4-6(12)3-8-7(13)5-1-9-10-2-5/h1-2,6,11-12H,3-4H2,(H,8,13)(H,9,10). The van der Waals surface area contributed by atoms with Gasteiger partial charge in [-0.25, -0.2) is 0 Å². The van der Waals surface area contributed by atoms with Crippen LogP contribution in [0.4, 0.5) is 0 Å². The van der Waals surface area contributed by atoms with Gasteiger partial charge in [0.05, 0.1) is 24.5 Å². The smallest absolute Gasteiger partial charge is 0.254 e. The molecule has 1 heterocycles. The van der Waals surface area contributed by atoms with Crippen molar-refractivity contribution in [1.82, 2.24) is 15.5 Å². The number of nitrogens with one attached hydrogen (secondary N) is 2. The van der Waals surface area contributed by atoms with Gasteiger partial charge in [0.2, 0.25) is 0 Å². The van der Waals surface area contributed by atoms with Crippen LogP contribution in [0.15, 0.2) is 12.4 Å². The summed E-state index contributed by atoms with van der Waals surface area (Å²) in [4.78, 5) is 11.2. The summed E-state index contributed by atoms with van der Waals surface area (Å²) in [5, 5.41) is 25.9. The highest BCUT2D eigenvalue weighted by Crippen LogP contribution is 1.92. The molecule has 0 bridgehead atoms. The average molecular weight is 185 g/mol. The van der Waals surface area contributed by atoms with Gasteiger partial charge in [-0.1, -0.05) is 0 Å². The predicted molar refractivity (Wildman–Crippen MR) is 44.0 cm³/mol. The Bertz CT molecular complexity index is 260. The van der Waals surface area contributed by atoms with Crippen molar-refractivity contribution < 1.29 is 15.0 Å². The first-order valence-corrected chi connectivity index (χ1v) is 3.80. The van der Waals surface area contributed by atoms with Crippen LogP contribution in [0.3, 0.4) is 0 Å². The molecule has 6 heteroatoms. The van der Waals surface area contributed by atoms with Crippen molar-refractivity contribution in [1.29, 1.82) is 0 Å². The first-order valence-electron chi connectivity index (χ1n) is 3.80. The molecule has 72 valence electrons. The molecular formula is C7H11N3O3. The van der Waals surface area contributed by atoms with Crippen LogP contribution in [0, 0.1) is 0 Å². The summed E-state index contributed by atoms with van der Waals surface area (Å²) in [6, 6.07) is 0. The molecule has 0 aliphatic rings. The topological polar surface area (TPSA) is 98.2 Å². The first kappa shape index (κ1) is 9.69. The number of hydrogen-bond acceptors (Lipinski definition) is 4. The monoisotopic (exact) mass is 185 g/mol. The van der Waals surface area contributed by atoms with E-state index in [-0.39, 0.29) is 19.1 Å². The van der Waals surface area contributed by atoms with Crippen LogP contribution in [0.2, 0.25) is 0 Å². The number of aromatic nitrogens is 2. The maximum Gasteiger partial charge on any atom is 0.254 e. The predicted octanol–water partition coefficient (Wildman–Crippen LogP) is -1.51. The largest absolute Gasteiger partial charge is 0.394 e. The maximum absolute atomic E-state index is 11.2. The molecule has 0 aromatic carbocycles. The fraction of sp³-hybridized carbons (Fsp3) is 0.429. The van der Waals surface area contributed by atoms with E-state index in [1.54, 1.807) is 0 Å². The number of hydrogen-bond donors (Lipinski definition) is 4. The Morgan fingerprint density at radius 2 is 2.54 bits per heavy atom. The van der Waals surface area contributed by atoms with Gasteiger partial charge in [-0.05, 0) is 0 Å². The van der Waals surface area contributed by atoms with Gasteiger partial charge in [0, 0.05) is 12.7 Å². The van der Waals surface area contributed by atoms with E-state index in [9.17, 15) is 4.79 Å². The lowest BCUT2D eigenvalue weighted by Gasteiger charge is -2.07. The van der Waals surface area contributed by atoms with Crippen LogP contribution < -0.4 is 5.32 Å². The van der Waals surface area contributed by atoms with Gasteiger partial charge in [0.25, 0.3) is 5.91 Å². The molecule has 1 rings (SSSR count). The van der Waals surface area contributed by atoms with Crippen molar-refractivity contribution in [3.8, 4) is 0 Å². The third-order valence-corrected chi connectivity index (χ3v) is 1.47. The quantitative estimate of drug-likeness (QED) is 0.458. The lowest BCUT2D eigenvalue weighted by Crippen LogP contribution is -2.33. The lowest BCUT2D eigenvalue weighted by atomic mass is 10.3. The van der Waals surface area contributed by atoms with Crippen molar-refractivity contribution in [2.75, 3.05) is 13.2 Å². The van der Waals surface area contributed by atoms with Gasteiger partial charge < -0.3 is 15.5 Å². The normalized spacial score (nSPS) is 12.5. The molecule has 0 fully saturated rings.